The topological polar surface area (TPSA) is 69.0 Å². The Morgan fingerprint density at radius 1 is 1.10 bits per heavy atom. The van der Waals surface area contributed by atoms with Crippen LogP contribution in [-0.4, -0.2) is 27.8 Å². The molecule has 6 nitrogen and oxygen atoms in total. The summed E-state index contributed by atoms with van der Waals surface area (Å²) < 4.78 is 6.93. The van der Waals surface area contributed by atoms with Crippen LogP contribution in [0.4, 0.5) is 5.69 Å². The summed E-state index contributed by atoms with van der Waals surface area (Å²) in [5, 5.41) is 8.73. The van der Waals surface area contributed by atoms with Crippen molar-refractivity contribution in [3.63, 3.8) is 0 Å². The number of pyridine rings is 1. The molecule has 0 aliphatic rings. The number of carbonyl (C=O) groups is 1. The average Bonchev–Trinajstić information content (AvgIpc) is 3.03. The molecule has 0 radical (unpaired) electrons. The third-order valence-electron chi connectivity index (χ3n) is 5.03. The maximum absolute atomic E-state index is 13.2. The lowest BCUT2D eigenvalue weighted by molar-refractivity contribution is 0.102. The first-order chi connectivity index (χ1) is 14.4. The SMILES string of the molecule is COc1ccc(-c2cc(C(=O)Nc3ccc(C)c(Cl)c3)c3c(C)nn(C)c3n2)cc1. The number of benzene rings is 2. The van der Waals surface area contributed by atoms with E-state index in [0.717, 1.165) is 28.0 Å². The van der Waals surface area contributed by atoms with Crippen LogP contribution >= 0.6 is 11.6 Å². The zero-order valence-electron chi connectivity index (χ0n) is 17.2. The lowest BCUT2D eigenvalue weighted by atomic mass is 10.0. The second-order valence-corrected chi connectivity index (χ2v) is 7.52. The second-order valence-electron chi connectivity index (χ2n) is 7.11. The zero-order valence-corrected chi connectivity index (χ0v) is 17.9. The molecule has 7 heteroatoms. The number of carbonyl (C=O) groups excluding carboxylic acids is 1. The number of hydrogen-bond acceptors (Lipinski definition) is 4. The van der Waals surface area contributed by atoms with Gasteiger partial charge in [0, 0.05) is 23.3 Å². The largest absolute Gasteiger partial charge is 0.497 e. The molecule has 0 spiro atoms. The predicted octanol–water partition coefficient (Wildman–Crippen LogP) is 5.17. The fourth-order valence-corrected chi connectivity index (χ4v) is 3.58. The van der Waals surface area contributed by atoms with Crippen LogP contribution in [-0.2, 0) is 7.05 Å². The van der Waals surface area contributed by atoms with E-state index in [2.05, 4.69) is 10.4 Å². The van der Waals surface area contributed by atoms with Gasteiger partial charge in [-0.05, 0) is 61.9 Å². The van der Waals surface area contributed by atoms with E-state index in [1.54, 1.807) is 23.9 Å². The molecule has 30 heavy (non-hydrogen) atoms. The Bertz CT molecular complexity index is 1260. The standard InChI is InChI=1S/C23H21ClN4O2/c1-13-5-8-16(11-19(13)24)25-23(29)18-12-20(15-6-9-17(30-4)10-7-15)26-22-21(18)14(2)27-28(22)3/h5-12H,1-4H3,(H,25,29). The Morgan fingerprint density at radius 2 is 1.83 bits per heavy atom. The summed E-state index contributed by atoms with van der Waals surface area (Å²) in [6.07, 6.45) is 0. The summed E-state index contributed by atoms with van der Waals surface area (Å²) in [6.45, 7) is 3.79. The van der Waals surface area contributed by atoms with E-state index in [9.17, 15) is 4.79 Å². The molecule has 4 rings (SSSR count). The van der Waals surface area contributed by atoms with Crippen molar-refractivity contribution >= 4 is 34.2 Å². The van der Waals surface area contributed by atoms with Gasteiger partial charge in [0.2, 0.25) is 0 Å². The molecule has 2 aromatic heterocycles. The molecule has 2 heterocycles. The lowest BCUT2D eigenvalue weighted by Crippen LogP contribution is -2.13. The molecule has 0 fully saturated rings. The minimum absolute atomic E-state index is 0.242. The van der Waals surface area contributed by atoms with Crippen LogP contribution in [0.15, 0.2) is 48.5 Å². The number of nitrogens with one attached hydrogen (secondary N) is 1. The fraction of sp³-hybridized carbons (Fsp3) is 0.174. The second kappa shape index (κ2) is 7.80. The number of aryl methyl sites for hydroxylation is 3. The highest BCUT2D eigenvalue weighted by Crippen LogP contribution is 2.29. The number of rotatable bonds is 4. The quantitative estimate of drug-likeness (QED) is 0.494. The van der Waals surface area contributed by atoms with E-state index in [4.69, 9.17) is 21.3 Å². The van der Waals surface area contributed by atoms with Crippen molar-refractivity contribution in [3.05, 3.63) is 70.4 Å². The molecule has 0 atom stereocenters. The molecule has 2 aromatic carbocycles. The number of halogens is 1. The molecule has 0 saturated carbocycles. The molecule has 0 saturated heterocycles. The van der Waals surface area contributed by atoms with Crippen LogP contribution in [0.1, 0.15) is 21.6 Å². The number of fused-ring (bicyclic) bond motifs is 1. The minimum Gasteiger partial charge on any atom is -0.497 e. The van der Waals surface area contributed by atoms with Crippen molar-refractivity contribution < 1.29 is 9.53 Å². The maximum atomic E-state index is 13.2. The smallest absolute Gasteiger partial charge is 0.256 e. The van der Waals surface area contributed by atoms with Crippen molar-refractivity contribution in [3.8, 4) is 17.0 Å². The maximum Gasteiger partial charge on any atom is 0.256 e. The van der Waals surface area contributed by atoms with Gasteiger partial charge in [-0.1, -0.05) is 17.7 Å². The first-order valence-corrected chi connectivity index (χ1v) is 9.81. The van der Waals surface area contributed by atoms with E-state index in [0.29, 0.717) is 27.6 Å². The molecule has 0 bridgehead atoms. The van der Waals surface area contributed by atoms with Crippen molar-refractivity contribution in [1.29, 1.82) is 0 Å². The van der Waals surface area contributed by atoms with Gasteiger partial charge >= 0.3 is 0 Å². The van der Waals surface area contributed by atoms with Gasteiger partial charge in [-0.15, -0.1) is 0 Å². The average molecular weight is 421 g/mol. The van der Waals surface area contributed by atoms with E-state index < -0.39 is 0 Å². The molecular weight excluding hydrogens is 400 g/mol. The highest BCUT2D eigenvalue weighted by molar-refractivity contribution is 6.31. The van der Waals surface area contributed by atoms with E-state index in [1.165, 1.54) is 0 Å². The molecule has 0 unspecified atom stereocenters. The number of aromatic nitrogens is 3. The summed E-state index contributed by atoms with van der Waals surface area (Å²) in [7, 11) is 3.44. The third-order valence-corrected chi connectivity index (χ3v) is 5.44. The third kappa shape index (κ3) is 3.62. The molecule has 0 aliphatic carbocycles. The Kier molecular flexibility index (Phi) is 5.18. The number of hydrogen-bond donors (Lipinski definition) is 1. The number of amides is 1. The predicted molar refractivity (Wildman–Crippen MR) is 119 cm³/mol. The van der Waals surface area contributed by atoms with Crippen molar-refractivity contribution in [2.45, 2.75) is 13.8 Å². The van der Waals surface area contributed by atoms with Gasteiger partial charge in [0.25, 0.3) is 5.91 Å². The van der Waals surface area contributed by atoms with Crippen molar-refractivity contribution in [2.75, 3.05) is 12.4 Å². The van der Waals surface area contributed by atoms with Crippen LogP contribution in [0.3, 0.4) is 0 Å². The normalized spacial score (nSPS) is 11.0. The first-order valence-electron chi connectivity index (χ1n) is 9.43. The molecule has 0 aliphatic heterocycles. The van der Waals surface area contributed by atoms with Gasteiger partial charge in [-0.3, -0.25) is 9.48 Å². The Labute approximate surface area is 179 Å². The van der Waals surface area contributed by atoms with Gasteiger partial charge in [0.15, 0.2) is 5.65 Å². The zero-order chi connectivity index (χ0) is 21.4. The van der Waals surface area contributed by atoms with Crippen molar-refractivity contribution in [1.82, 2.24) is 14.8 Å². The highest BCUT2D eigenvalue weighted by atomic mass is 35.5. The monoisotopic (exact) mass is 420 g/mol. The van der Waals surface area contributed by atoms with Gasteiger partial charge in [-0.25, -0.2) is 4.98 Å². The summed E-state index contributed by atoms with van der Waals surface area (Å²) in [6, 6.07) is 14.8. The summed E-state index contributed by atoms with van der Waals surface area (Å²) >= 11 is 6.21. The fourth-order valence-electron chi connectivity index (χ4n) is 3.40. The molecule has 4 aromatic rings. The molecule has 152 valence electrons. The van der Waals surface area contributed by atoms with Gasteiger partial charge in [0.1, 0.15) is 5.75 Å². The van der Waals surface area contributed by atoms with Gasteiger partial charge in [-0.2, -0.15) is 5.10 Å². The molecule has 1 amide bonds. The van der Waals surface area contributed by atoms with Crippen LogP contribution < -0.4 is 10.1 Å². The van der Waals surface area contributed by atoms with Crippen LogP contribution in [0.25, 0.3) is 22.3 Å². The first kappa shape index (κ1) is 19.9. The van der Waals surface area contributed by atoms with Crippen LogP contribution in [0, 0.1) is 13.8 Å². The van der Waals surface area contributed by atoms with Gasteiger partial charge < -0.3 is 10.1 Å². The Balaban J connectivity index is 1.82. The van der Waals surface area contributed by atoms with Crippen LogP contribution in [0.2, 0.25) is 5.02 Å². The van der Waals surface area contributed by atoms with Crippen LogP contribution in [0.5, 0.6) is 5.75 Å². The lowest BCUT2D eigenvalue weighted by Gasteiger charge is -2.10. The van der Waals surface area contributed by atoms with E-state index in [1.807, 2.05) is 57.3 Å². The molecular formula is C23H21ClN4O2. The number of ether oxygens (including phenoxy) is 1. The molecule has 1 N–H and O–H groups in total. The number of nitrogens with zero attached hydrogens (tertiary/aromatic N) is 3. The Hall–Kier alpha value is -3.38. The van der Waals surface area contributed by atoms with Gasteiger partial charge in [0.05, 0.1) is 29.4 Å². The van der Waals surface area contributed by atoms with E-state index in [-0.39, 0.29) is 5.91 Å². The summed E-state index contributed by atoms with van der Waals surface area (Å²) in [4.78, 5) is 18.0. The minimum atomic E-state index is -0.242. The number of anilines is 1. The summed E-state index contributed by atoms with van der Waals surface area (Å²) in [5.74, 6) is 0.513. The highest BCUT2D eigenvalue weighted by Gasteiger charge is 2.19. The Morgan fingerprint density at radius 3 is 2.50 bits per heavy atom. The number of methoxy groups -OCH3 is 1. The summed E-state index contributed by atoms with van der Waals surface area (Å²) in [5.41, 5.74) is 5.04. The van der Waals surface area contributed by atoms with Crippen molar-refractivity contribution in [2.24, 2.45) is 7.05 Å². The van der Waals surface area contributed by atoms with E-state index >= 15 is 0 Å².